The predicted molar refractivity (Wildman–Crippen MR) is 92.0 cm³/mol. The van der Waals surface area contributed by atoms with E-state index in [2.05, 4.69) is 16.0 Å². The van der Waals surface area contributed by atoms with Gasteiger partial charge in [-0.3, -0.25) is 9.59 Å². The number of rotatable bonds is 4. The average molecular weight is 332 g/mol. The first-order valence-corrected chi connectivity index (χ1v) is 8.17. The van der Waals surface area contributed by atoms with Gasteiger partial charge in [-0.05, 0) is 43.9 Å². The van der Waals surface area contributed by atoms with Crippen molar-refractivity contribution in [2.75, 3.05) is 32.0 Å². The van der Waals surface area contributed by atoms with Crippen LogP contribution in [0.4, 0.5) is 10.5 Å². The first-order chi connectivity index (χ1) is 11.5. The summed E-state index contributed by atoms with van der Waals surface area (Å²) < 4.78 is 0. The monoisotopic (exact) mass is 332 g/mol. The number of nitrogens with one attached hydrogen (secondary N) is 3. The number of hydrogen-bond donors (Lipinski definition) is 3. The van der Waals surface area contributed by atoms with E-state index < -0.39 is 6.03 Å². The van der Waals surface area contributed by atoms with Gasteiger partial charge in [-0.2, -0.15) is 0 Å². The number of urea groups is 1. The zero-order valence-electron chi connectivity index (χ0n) is 14.1. The molecule has 3 N–H and O–H groups in total. The zero-order chi connectivity index (χ0) is 17.5. The van der Waals surface area contributed by atoms with E-state index in [-0.39, 0.29) is 18.4 Å². The van der Waals surface area contributed by atoms with E-state index in [4.69, 9.17) is 0 Å². The van der Waals surface area contributed by atoms with Crippen molar-refractivity contribution in [1.29, 1.82) is 0 Å². The lowest BCUT2D eigenvalue weighted by Gasteiger charge is -2.26. The Morgan fingerprint density at radius 2 is 1.83 bits per heavy atom. The van der Waals surface area contributed by atoms with E-state index in [1.54, 1.807) is 37.1 Å². The normalized spacial score (nSPS) is 14.0. The van der Waals surface area contributed by atoms with Crippen molar-refractivity contribution in [3.05, 3.63) is 29.3 Å². The van der Waals surface area contributed by atoms with Gasteiger partial charge in [0.05, 0.1) is 6.54 Å². The molecular formula is C17H24N4O3. The molecule has 0 atom stereocenters. The lowest BCUT2D eigenvalue weighted by Crippen LogP contribution is -2.43. The largest absolute Gasteiger partial charge is 0.355 e. The standard InChI is InChI=1S/C17H24N4O3/c1-12-13(16(23)18-2)7-6-8-14(12)20-17(24)19-11-15(22)21-9-4-3-5-10-21/h6-8H,3-5,9-11H2,1-2H3,(H,18,23)(H2,19,20,24). The molecular weight excluding hydrogens is 308 g/mol. The van der Waals surface area contributed by atoms with E-state index in [1.807, 2.05) is 0 Å². The van der Waals surface area contributed by atoms with Crippen LogP contribution in [0.25, 0.3) is 0 Å². The highest BCUT2D eigenvalue weighted by Crippen LogP contribution is 2.18. The summed E-state index contributed by atoms with van der Waals surface area (Å²) in [5, 5.41) is 7.82. The number of piperidine rings is 1. The minimum absolute atomic E-state index is 0.0278. The van der Waals surface area contributed by atoms with Gasteiger partial charge in [-0.25, -0.2) is 4.79 Å². The smallest absolute Gasteiger partial charge is 0.319 e. The summed E-state index contributed by atoms with van der Waals surface area (Å²) in [6.07, 6.45) is 3.19. The lowest BCUT2D eigenvalue weighted by molar-refractivity contribution is -0.130. The van der Waals surface area contributed by atoms with Gasteiger partial charge in [0.2, 0.25) is 5.91 Å². The van der Waals surface area contributed by atoms with Crippen molar-refractivity contribution < 1.29 is 14.4 Å². The number of hydrogen-bond acceptors (Lipinski definition) is 3. The van der Waals surface area contributed by atoms with Gasteiger partial charge >= 0.3 is 6.03 Å². The number of carbonyl (C=O) groups is 3. The molecule has 2 rings (SSSR count). The number of amides is 4. The molecule has 1 aliphatic heterocycles. The van der Waals surface area contributed by atoms with Crippen molar-refractivity contribution in [2.45, 2.75) is 26.2 Å². The fraction of sp³-hybridized carbons (Fsp3) is 0.471. The van der Waals surface area contributed by atoms with Gasteiger partial charge in [0.1, 0.15) is 0 Å². The number of anilines is 1. The first kappa shape index (κ1) is 17.8. The molecule has 24 heavy (non-hydrogen) atoms. The zero-order valence-corrected chi connectivity index (χ0v) is 14.1. The van der Waals surface area contributed by atoms with Crippen LogP contribution in [0, 0.1) is 6.92 Å². The van der Waals surface area contributed by atoms with Gasteiger partial charge in [-0.15, -0.1) is 0 Å². The molecule has 0 bridgehead atoms. The molecule has 1 heterocycles. The maximum atomic E-state index is 12.0. The second-order valence-electron chi connectivity index (χ2n) is 5.81. The van der Waals surface area contributed by atoms with Crippen LogP contribution in [0.15, 0.2) is 18.2 Å². The third-order valence-corrected chi connectivity index (χ3v) is 4.16. The molecule has 7 nitrogen and oxygen atoms in total. The van der Waals surface area contributed by atoms with Crippen molar-refractivity contribution in [1.82, 2.24) is 15.5 Å². The quantitative estimate of drug-likeness (QED) is 0.780. The molecule has 0 spiro atoms. The third-order valence-electron chi connectivity index (χ3n) is 4.16. The molecule has 0 unspecified atom stereocenters. The van der Waals surface area contributed by atoms with Gasteiger partial charge < -0.3 is 20.9 Å². The molecule has 0 aliphatic carbocycles. The molecule has 1 aliphatic rings. The van der Waals surface area contributed by atoms with E-state index >= 15 is 0 Å². The molecule has 1 aromatic carbocycles. The average Bonchev–Trinajstić information content (AvgIpc) is 2.61. The summed E-state index contributed by atoms with van der Waals surface area (Å²) in [4.78, 5) is 37.6. The van der Waals surface area contributed by atoms with E-state index in [0.29, 0.717) is 16.8 Å². The Kier molecular flexibility index (Phi) is 6.17. The van der Waals surface area contributed by atoms with Gasteiger partial charge in [0, 0.05) is 31.4 Å². The Labute approximate surface area is 141 Å². The summed E-state index contributed by atoms with van der Waals surface area (Å²) in [5.74, 6) is -0.280. The molecule has 0 aromatic heterocycles. The van der Waals surface area contributed by atoms with Crippen LogP contribution in [0.3, 0.4) is 0 Å². The molecule has 1 fully saturated rings. The lowest BCUT2D eigenvalue weighted by atomic mass is 10.1. The van der Waals surface area contributed by atoms with Crippen LogP contribution in [0.5, 0.6) is 0 Å². The Morgan fingerprint density at radius 1 is 1.12 bits per heavy atom. The molecule has 0 radical (unpaired) electrons. The molecule has 7 heteroatoms. The Bertz CT molecular complexity index is 624. The van der Waals surface area contributed by atoms with Crippen LogP contribution < -0.4 is 16.0 Å². The summed E-state index contributed by atoms with van der Waals surface area (Å²) in [6.45, 7) is 3.25. The highest BCUT2D eigenvalue weighted by atomic mass is 16.2. The highest BCUT2D eigenvalue weighted by Gasteiger charge is 2.17. The van der Waals surface area contributed by atoms with E-state index in [1.165, 1.54) is 0 Å². The highest BCUT2D eigenvalue weighted by molar-refractivity contribution is 5.99. The number of carbonyl (C=O) groups excluding carboxylic acids is 3. The summed E-state index contributed by atoms with van der Waals surface area (Å²) in [6, 6.07) is 4.65. The van der Waals surface area contributed by atoms with Crippen LogP contribution in [0.2, 0.25) is 0 Å². The van der Waals surface area contributed by atoms with Crippen LogP contribution in [0.1, 0.15) is 35.2 Å². The minimum atomic E-state index is -0.461. The SMILES string of the molecule is CNC(=O)c1cccc(NC(=O)NCC(=O)N2CCCCC2)c1C. The first-order valence-electron chi connectivity index (χ1n) is 8.17. The number of likely N-dealkylation sites (tertiary alicyclic amines) is 1. The minimum Gasteiger partial charge on any atom is -0.355 e. The van der Waals surface area contributed by atoms with E-state index in [0.717, 1.165) is 32.4 Å². The maximum Gasteiger partial charge on any atom is 0.319 e. The summed E-state index contributed by atoms with van der Waals surface area (Å²) in [5.41, 5.74) is 1.72. The third kappa shape index (κ3) is 4.47. The van der Waals surface area contributed by atoms with Gasteiger partial charge in [-0.1, -0.05) is 6.07 Å². The van der Waals surface area contributed by atoms with Crippen molar-refractivity contribution >= 4 is 23.5 Å². The van der Waals surface area contributed by atoms with E-state index in [9.17, 15) is 14.4 Å². The maximum absolute atomic E-state index is 12.0. The van der Waals surface area contributed by atoms with Crippen LogP contribution >= 0.6 is 0 Å². The summed E-state index contributed by atoms with van der Waals surface area (Å²) >= 11 is 0. The molecule has 4 amide bonds. The van der Waals surface area contributed by atoms with Crippen LogP contribution in [-0.4, -0.2) is 49.4 Å². The number of benzene rings is 1. The van der Waals surface area contributed by atoms with Crippen molar-refractivity contribution in [3.63, 3.8) is 0 Å². The Balaban J connectivity index is 1.90. The topological polar surface area (TPSA) is 90.5 Å². The molecule has 130 valence electrons. The molecule has 1 saturated heterocycles. The summed E-state index contributed by atoms with van der Waals surface area (Å²) in [7, 11) is 1.56. The fourth-order valence-electron chi connectivity index (χ4n) is 2.73. The van der Waals surface area contributed by atoms with Crippen LogP contribution in [-0.2, 0) is 4.79 Å². The second-order valence-corrected chi connectivity index (χ2v) is 5.81. The predicted octanol–water partition coefficient (Wildman–Crippen LogP) is 1.49. The van der Waals surface area contributed by atoms with Crippen molar-refractivity contribution in [2.24, 2.45) is 0 Å². The van der Waals surface area contributed by atoms with Gasteiger partial charge in [0.15, 0.2) is 0 Å². The molecule has 0 saturated carbocycles. The Morgan fingerprint density at radius 3 is 2.50 bits per heavy atom. The van der Waals surface area contributed by atoms with Gasteiger partial charge in [0.25, 0.3) is 5.91 Å². The number of nitrogens with zero attached hydrogens (tertiary/aromatic N) is 1. The van der Waals surface area contributed by atoms with Crippen molar-refractivity contribution in [3.8, 4) is 0 Å². The fourth-order valence-corrected chi connectivity index (χ4v) is 2.73. The Hall–Kier alpha value is -2.57. The molecule has 1 aromatic rings. The second kappa shape index (κ2) is 8.33.